The van der Waals surface area contributed by atoms with Crippen molar-refractivity contribution in [1.82, 2.24) is 5.32 Å². The Morgan fingerprint density at radius 1 is 0.382 bits per heavy atom. The van der Waals surface area contributed by atoms with E-state index in [9.17, 15) is 25.2 Å². The number of unbranched alkanes of at least 4 members (excludes halogenated alkanes) is 37. The molecule has 0 radical (unpaired) electrons. The summed E-state index contributed by atoms with van der Waals surface area (Å²) in [5.41, 5.74) is 0. The van der Waals surface area contributed by atoms with E-state index in [1.54, 1.807) is 0 Å². The lowest BCUT2D eigenvalue weighted by Crippen LogP contribution is -2.53. The van der Waals surface area contributed by atoms with Gasteiger partial charge in [0.1, 0.15) is 12.2 Å². The quantitative estimate of drug-likeness (QED) is 0.0395. The molecule has 0 fully saturated rings. The van der Waals surface area contributed by atoms with E-state index >= 15 is 0 Å². The Bertz CT molecular complexity index is 751. The van der Waals surface area contributed by atoms with Gasteiger partial charge in [0, 0.05) is 0 Å². The number of amides is 1. The summed E-state index contributed by atoms with van der Waals surface area (Å²) in [6.07, 6.45) is 48.9. The van der Waals surface area contributed by atoms with Gasteiger partial charge in [0.25, 0.3) is 0 Å². The molecule has 1 amide bonds. The average molecular weight is 782 g/mol. The molecule has 0 saturated carbocycles. The standard InChI is InChI=1S/C49H99NO5/c1-3-5-7-9-11-13-15-16-17-18-19-20-21-22-23-24-25-26-27-28-29-30-31-32-33-35-37-39-41-43-47(53)49(55)50-45(44-51)48(54)46(52)42-40-38-36-34-14-12-10-8-6-4-2/h45-48,51-54H,3-44H2,1-2H3,(H,50,55). The van der Waals surface area contributed by atoms with Crippen molar-refractivity contribution in [2.45, 2.75) is 301 Å². The first-order chi connectivity index (χ1) is 27.0. The van der Waals surface area contributed by atoms with Gasteiger partial charge < -0.3 is 25.7 Å². The summed E-state index contributed by atoms with van der Waals surface area (Å²) in [4.78, 5) is 12.5. The van der Waals surface area contributed by atoms with Crippen molar-refractivity contribution in [3.05, 3.63) is 0 Å². The Morgan fingerprint density at radius 3 is 0.873 bits per heavy atom. The highest BCUT2D eigenvalue weighted by atomic mass is 16.3. The van der Waals surface area contributed by atoms with E-state index in [2.05, 4.69) is 19.2 Å². The molecule has 0 aromatic rings. The molecule has 0 rings (SSSR count). The van der Waals surface area contributed by atoms with Crippen LogP contribution in [-0.2, 0) is 4.79 Å². The maximum Gasteiger partial charge on any atom is 0.249 e. The van der Waals surface area contributed by atoms with Gasteiger partial charge in [-0.3, -0.25) is 4.79 Å². The van der Waals surface area contributed by atoms with E-state index < -0.39 is 36.9 Å². The fourth-order valence-corrected chi connectivity index (χ4v) is 8.11. The molecule has 0 aliphatic rings. The molecule has 0 spiro atoms. The summed E-state index contributed by atoms with van der Waals surface area (Å²) in [5.74, 6) is -0.579. The van der Waals surface area contributed by atoms with Gasteiger partial charge in [0.05, 0.1) is 18.8 Å². The summed E-state index contributed by atoms with van der Waals surface area (Å²) < 4.78 is 0. The van der Waals surface area contributed by atoms with Crippen molar-refractivity contribution in [3.8, 4) is 0 Å². The summed E-state index contributed by atoms with van der Waals surface area (Å²) in [6, 6.07) is -0.978. The highest BCUT2D eigenvalue weighted by Gasteiger charge is 2.28. The first-order valence-electron chi connectivity index (χ1n) is 24.9. The minimum atomic E-state index is -1.25. The Hall–Kier alpha value is -0.690. The Balaban J connectivity index is 3.52. The highest BCUT2D eigenvalue weighted by Crippen LogP contribution is 2.18. The van der Waals surface area contributed by atoms with Gasteiger partial charge in [-0.2, -0.15) is 0 Å². The van der Waals surface area contributed by atoms with E-state index in [4.69, 9.17) is 0 Å². The van der Waals surface area contributed by atoms with Crippen molar-refractivity contribution in [1.29, 1.82) is 0 Å². The second-order valence-corrected chi connectivity index (χ2v) is 17.5. The van der Waals surface area contributed by atoms with Crippen molar-refractivity contribution >= 4 is 5.91 Å². The molecule has 0 bridgehead atoms. The van der Waals surface area contributed by atoms with E-state index in [0.29, 0.717) is 12.8 Å². The van der Waals surface area contributed by atoms with Crippen LogP contribution >= 0.6 is 0 Å². The largest absolute Gasteiger partial charge is 0.394 e. The van der Waals surface area contributed by atoms with Gasteiger partial charge in [-0.25, -0.2) is 0 Å². The molecule has 330 valence electrons. The van der Waals surface area contributed by atoms with Crippen LogP contribution in [0.5, 0.6) is 0 Å². The number of carbonyl (C=O) groups is 1. The zero-order valence-corrected chi connectivity index (χ0v) is 37.2. The fraction of sp³-hybridized carbons (Fsp3) is 0.980. The van der Waals surface area contributed by atoms with Crippen molar-refractivity contribution in [2.24, 2.45) is 0 Å². The molecule has 0 aromatic carbocycles. The molecule has 6 heteroatoms. The lowest BCUT2D eigenvalue weighted by molar-refractivity contribution is -0.132. The summed E-state index contributed by atoms with van der Waals surface area (Å²) >= 11 is 0. The minimum absolute atomic E-state index is 0.376. The Kier molecular flexibility index (Phi) is 43.9. The molecule has 0 aromatic heterocycles. The van der Waals surface area contributed by atoms with Crippen LogP contribution in [-0.4, -0.2) is 57.3 Å². The average Bonchev–Trinajstić information content (AvgIpc) is 3.19. The van der Waals surface area contributed by atoms with Crippen LogP contribution in [0.4, 0.5) is 0 Å². The third-order valence-electron chi connectivity index (χ3n) is 12.1. The number of aliphatic hydroxyl groups is 4. The van der Waals surface area contributed by atoms with Gasteiger partial charge in [0.2, 0.25) is 5.91 Å². The van der Waals surface area contributed by atoms with Crippen molar-refractivity contribution in [3.63, 3.8) is 0 Å². The maximum atomic E-state index is 12.5. The maximum absolute atomic E-state index is 12.5. The molecular weight excluding hydrogens is 683 g/mol. The van der Waals surface area contributed by atoms with Gasteiger partial charge in [-0.05, 0) is 12.8 Å². The molecule has 0 heterocycles. The first kappa shape index (κ1) is 54.3. The normalized spacial score (nSPS) is 13.9. The van der Waals surface area contributed by atoms with Crippen LogP contribution < -0.4 is 5.32 Å². The van der Waals surface area contributed by atoms with E-state index in [-0.39, 0.29) is 0 Å². The Labute approximate surface area is 343 Å². The van der Waals surface area contributed by atoms with Crippen LogP contribution in [0.3, 0.4) is 0 Å². The van der Waals surface area contributed by atoms with Gasteiger partial charge in [-0.15, -0.1) is 0 Å². The van der Waals surface area contributed by atoms with Crippen LogP contribution in [0.25, 0.3) is 0 Å². The predicted octanol–water partition coefficient (Wildman–Crippen LogP) is 13.6. The number of hydrogen-bond donors (Lipinski definition) is 5. The zero-order chi connectivity index (χ0) is 40.3. The molecule has 0 aliphatic carbocycles. The fourth-order valence-electron chi connectivity index (χ4n) is 8.11. The SMILES string of the molecule is CCCCCCCCCCCCCCCCCCCCCCCCCCCCCCCC(O)C(=O)NC(CO)C(O)C(O)CCCCCCCCCCCC. The van der Waals surface area contributed by atoms with E-state index in [1.807, 2.05) is 0 Å². The second-order valence-electron chi connectivity index (χ2n) is 17.5. The first-order valence-corrected chi connectivity index (χ1v) is 24.9. The molecule has 0 aliphatic heterocycles. The van der Waals surface area contributed by atoms with Crippen LogP contribution in [0.1, 0.15) is 277 Å². The smallest absolute Gasteiger partial charge is 0.249 e. The molecule has 0 saturated heterocycles. The molecule has 4 unspecified atom stereocenters. The van der Waals surface area contributed by atoms with Gasteiger partial charge in [0.15, 0.2) is 0 Å². The third-order valence-corrected chi connectivity index (χ3v) is 12.1. The number of carbonyl (C=O) groups excluding carboxylic acids is 1. The number of aliphatic hydroxyl groups excluding tert-OH is 4. The molecule has 5 N–H and O–H groups in total. The third kappa shape index (κ3) is 38.6. The van der Waals surface area contributed by atoms with Crippen LogP contribution in [0.15, 0.2) is 0 Å². The zero-order valence-electron chi connectivity index (χ0n) is 37.2. The highest BCUT2D eigenvalue weighted by molar-refractivity contribution is 5.80. The topological polar surface area (TPSA) is 110 Å². The molecule has 4 atom stereocenters. The molecule has 55 heavy (non-hydrogen) atoms. The summed E-state index contributed by atoms with van der Waals surface area (Å²) in [7, 11) is 0. The lowest BCUT2D eigenvalue weighted by Gasteiger charge is -2.27. The number of hydrogen-bond acceptors (Lipinski definition) is 5. The van der Waals surface area contributed by atoms with Crippen molar-refractivity contribution < 1.29 is 25.2 Å². The van der Waals surface area contributed by atoms with Crippen LogP contribution in [0, 0.1) is 0 Å². The minimum Gasteiger partial charge on any atom is -0.394 e. The predicted molar refractivity (Wildman–Crippen MR) is 238 cm³/mol. The van der Waals surface area contributed by atoms with Crippen LogP contribution in [0.2, 0.25) is 0 Å². The number of rotatable bonds is 46. The Morgan fingerprint density at radius 2 is 0.618 bits per heavy atom. The van der Waals surface area contributed by atoms with E-state index in [0.717, 1.165) is 38.5 Å². The van der Waals surface area contributed by atoms with Crippen molar-refractivity contribution in [2.75, 3.05) is 6.61 Å². The van der Waals surface area contributed by atoms with Gasteiger partial charge in [-0.1, -0.05) is 264 Å². The monoisotopic (exact) mass is 782 g/mol. The summed E-state index contributed by atoms with van der Waals surface area (Å²) in [5, 5.41) is 43.6. The molecular formula is C49H99NO5. The molecule has 6 nitrogen and oxygen atoms in total. The summed E-state index contributed by atoms with van der Waals surface area (Å²) in [6.45, 7) is 4.05. The number of nitrogens with one attached hydrogen (secondary N) is 1. The van der Waals surface area contributed by atoms with Gasteiger partial charge >= 0.3 is 0 Å². The van der Waals surface area contributed by atoms with E-state index in [1.165, 1.54) is 212 Å². The lowest BCUT2D eigenvalue weighted by atomic mass is 9.99. The second kappa shape index (κ2) is 44.4.